The van der Waals surface area contributed by atoms with Gasteiger partial charge >= 0.3 is 19.5 Å². The number of Topliss-reactive ketones (excluding diaryl/α,β-unsaturated/α-hetero) is 1. The summed E-state index contributed by atoms with van der Waals surface area (Å²) in [5, 5.41) is 40.9. The molecule has 7 N–H and O–H groups in total. The zero-order valence-corrected chi connectivity index (χ0v) is 21.0. The number of ether oxygens (including phenoxy) is 2. The lowest BCUT2D eigenvalue weighted by Gasteiger charge is -2.45. The zero-order valence-electron chi connectivity index (χ0n) is 20.1. The highest BCUT2D eigenvalue weighted by atomic mass is 31.2. The number of aliphatic hydroxyl groups excluding tert-OH is 3. The molecule has 2 fully saturated rings. The number of carboxylic acid groups (broad SMARTS) is 1. The molecule has 10 atom stereocenters. The lowest BCUT2D eigenvalue weighted by molar-refractivity contribution is -0.290. The number of carbonyl (C=O) groups is 3. The quantitative estimate of drug-likeness (QED) is 0.131. The molecular weight excluding hydrogens is 537 g/mol. The molecule has 0 aromatic carbocycles. The van der Waals surface area contributed by atoms with Gasteiger partial charge in [0.15, 0.2) is 12.6 Å². The number of carboxylic acids is 1. The van der Waals surface area contributed by atoms with Gasteiger partial charge < -0.3 is 50.1 Å². The lowest BCUT2D eigenvalue weighted by Crippen LogP contribution is -2.60. The molecule has 0 saturated carbocycles. The zero-order chi connectivity index (χ0) is 28.6. The van der Waals surface area contributed by atoms with Gasteiger partial charge in [0, 0.05) is 30.9 Å². The SMILES string of the molecule is CC(=O)CC1C(O)CC(OP(=O)(O)OC2OC(n3ccc(N)nc3=O)C(C)C2O)(C(=O)O)OC1C(O)C=O. The molecule has 0 amide bonds. The highest BCUT2D eigenvalue weighted by Crippen LogP contribution is 2.54. The number of phosphoric ester groups is 1. The molecule has 0 radical (unpaired) electrons. The molecule has 17 nitrogen and oxygen atoms in total. The Bertz CT molecular complexity index is 1180. The van der Waals surface area contributed by atoms with Crippen LogP contribution in [-0.2, 0) is 37.5 Å². The first-order valence-electron chi connectivity index (χ1n) is 11.2. The van der Waals surface area contributed by atoms with Crippen LogP contribution in [0.4, 0.5) is 5.82 Å². The third-order valence-corrected chi connectivity index (χ3v) is 7.21. The van der Waals surface area contributed by atoms with Crippen molar-refractivity contribution in [2.24, 2.45) is 11.8 Å². The van der Waals surface area contributed by atoms with Crippen molar-refractivity contribution in [3.05, 3.63) is 22.7 Å². The number of nitrogens with zero attached hydrogens (tertiary/aromatic N) is 2. The van der Waals surface area contributed by atoms with Crippen molar-refractivity contribution in [3.8, 4) is 0 Å². The van der Waals surface area contributed by atoms with Crippen LogP contribution in [0.1, 0.15) is 32.9 Å². The number of aromatic nitrogens is 2. The maximum atomic E-state index is 12.9. The van der Waals surface area contributed by atoms with Crippen molar-refractivity contribution in [1.29, 1.82) is 0 Å². The highest BCUT2D eigenvalue weighted by molar-refractivity contribution is 7.47. The molecular formula is C20H28N3O14P. The average molecular weight is 565 g/mol. The van der Waals surface area contributed by atoms with Crippen molar-refractivity contribution in [1.82, 2.24) is 9.55 Å². The second-order valence-electron chi connectivity index (χ2n) is 9.06. The van der Waals surface area contributed by atoms with E-state index in [-0.39, 0.29) is 12.1 Å². The minimum atomic E-state index is -5.53. The Kier molecular flexibility index (Phi) is 8.87. The topological polar surface area (TPSA) is 267 Å². The first-order chi connectivity index (χ1) is 17.6. The molecule has 3 heterocycles. The summed E-state index contributed by atoms with van der Waals surface area (Å²) in [6.07, 6.45) is -10.6. The summed E-state index contributed by atoms with van der Waals surface area (Å²) in [6, 6.07) is 1.27. The minimum absolute atomic E-state index is 0.0320. The highest BCUT2D eigenvalue weighted by Gasteiger charge is 2.59. The van der Waals surface area contributed by atoms with E-state index in [1.807, 2.05) is 0 Å². The molecule has 2 aliphatic heterocycles. The Balaban J connectivity index is 1.84. The standard InChI is InChI=1S/C20H28N3O14P/c1-8(25)5-10-11(26)6-20(18(29)30,35-15(10)12(27)7-24)37-38(32,33)36-17-14(28)9(2)16(34-17)23-4-3-13(21)22-19(23)31/h3-4,7,9-12,14-17,26-28H,5-6H2,1-2H3,(H,29,30)(H,32,33)(H2,21,22,31). The van der Waals surface area contributed by atoms with Crippen molar-refractivity contribution >= 4 is 31.7 Å². The molecule has 2 aliphatic rings. The van der Waals surface area contributed by atoms with Crippen LogP contribution in [0.25, 0.3) is 0 Å². The Morgan fingerprint density at radius 1 is 1.42 bits per heavy atom. The summed E-state index contributed by atoms with van der Waals surface area (Å²) in [7, 11) is -5.53. The largest absolute Gasteiger partial charge is 0.477 e. The third kappa shape index (κ3) is 6.17. The molecule has 2 saturated heterocycles. The molecule has 10 unspecified atom stereocenters. The molecule has 212 valence electrons. The smallest absolute Gasteiger partial charge is 0.477 e. The van der Waals surface area contributed by atoms with Crippen molar-refractivity contribution in [2.45, 2.75) is 69.4 Å². The summed E-state index contributed by atoms with van der Waals surface area (Å²) in [5.74, 6) is -7.89. The van der Waals surface area contributed by atoms with Gasteiger partial charge in [-0.2, -0.15) is 4.98 Å². The van der Waals surface area contributed by atoms with E-state index in [4.69, 9.17) is 24.3 Å². The van der Waals surface area contributed by atoms with Gasteiger partial charge in [-0.3, -0.25) is 9.09 Å². The minimum Gasteiger partial charge on any atom is -0.477 e. The van der Waals surface area contributed by atoms with E-state index in [1.54, 1.807) is 0 Å². The van der Waals surface area contributed by atoms with Crippen LogP contribution >= 0.6 is 7.82 Å². The van der Waals surface area contributed by atoms with Crippen LogP contribution in [0.15, 0.2) is 17.1 Å². The molecule has 38 heavy (non-hydrogen) atoms. The van der Waals surface area contributed by atoms with Crippen LogP contribution in [-0.4, -0.2) is 89.4 Å². The van der Waals surface area contributed by atoms with Gasteiger partial charge in [0.2, 0.25) is 0 Å². The molecule has 3 rings (SSSR count). The molecule has 18 heteroatoms. The Hall–Kier alpha value is -2.60. The lowest BCUT2D eigenvalue weighted by atomic mass is 9.82. The Morgan fingerprint density at radius 3 is 2.63 bits per heavy atom. The van der Waals surface area contributed by atoms with Crippen LogP contribution in [0.5, 0.6) is 0 Å². The van der Waals surface area contributed by atoms with Gasteiger partial charge in [-0.25, -0.2) is 18.7 Å². The van der Waals surface area contributed by atoms with Gasteiger partial charge in [0.05, 0.1) is 12.2 Å². The fourth-order valence-electron chi connectivity index (χ4n) is 4.34. The number of aliphatic carboxylic acids is 1. The molecule has 0 bridgehead atoms. The third-order valence-electron chi connectivity index (χ3n) is 6.21. The number of ketones is 1. The first-order valence-corrected chi connectivity index (χ1v) is 12.7. The predicted molar refractivity (Wildman–Crippen MR) is 121 cm³/mol. The van der Waals surface area contributed by atoms with E-state index in [9.17, 15) is 49.1 Å². The van der Waals surface area contributed by atoms with E-state index in [0.717, 1.165) is 11.5 Å². The van der Waals surface area contributed by atoms with E-state index < -0.39 is 92.7 Å². The van der Waals surface area contributed by atoms with Crippen molar-refractivity contribution in [2.75, 3.05) is 5.73 Å². The van der Waals surface area contributed by atoms with Crippen LogP contribution in [0, 0.1) is 11.8 Å². The van der Waals surface area contributed by atoms with Gasteiger partial charge in [-0.1, -0.05) is 6.92 Å². The van der Waals surface area contributed by atoms with Crippen molar-refractivity contribution in [3.63, 3.8) is 0 Å². The monoisotopic (exact) mass is 565 g/mol. The number of hydrogen-bond acceptors (Lipinski definition) is 14. The van der Waals surface area contributed by atoms with Crippen LogP contribution < -0.4 is 11.4 Å². The summed E-state index contributed by atoms with van der Waals surface area (Å²) in [6.45, 7) is 2.57. The van der Waals surface area contributed by atoms with Crippen molar-refractivity contribution < 1.29 is 62.8 Å². The molecule has 0 aliphatic carbocycles. The van der Waals surface area contributed by atoms with E-state index in [0.29, 0.717) is 0 Å². The summed E-state index contributed by atoms with van der Waals surface area (Å²) in [4.78, 5) is 61.0. The second kappa shape index (κ2) is 11.3. The number of nitrogen functional groups attached to an aromatic ring is 1. The summed E-state index contributed by atoms with van der Waals surface area (Å²) >= 11 is 0. The van der Waals surface area contributed by atoms with E-state index in [1.165, 1.54) is 19.2 Å². The number of nitrogens with two attached hydrogens (primary N) is 1. The van der Waals surface area contributed by atoms with Crippen LogP contribution in [0.2, 0.25) is 0 Å². The molecule has 0 spiro atoms. The molecule has 1 aromatic rings. The molecule has 1 aromatic heterocycles. The number of carbonyl (C=O) groups excluding carboxylic acids is 2. The van der Waals surface area contributed by atoms with E-state index >= 15 is 0 Å². The number of aliphatic hydroxyl groups is 3. The van der Waals surface area contributed by atoms with Gasteiger partial charge in [0.25, 0.3) is 5.79 Å². The second-order valence-corrected chi connectivity index (χ2v) is 10.4. The summed E-state index contributed by atoms with van der Waals surface area (Å²) in [5.41, 5.74) is 4.59. The fourth-order valence-corrected chi connectivity index (χ4v) is 5.39. The normalized spacial score (nSPS) is 35.8. The number of aldehydes is 1. The summed E-state index contributed by atoms with van der Waals surface area (Å²) < 4.78 is 34.1. The predicted octanol–water partition coefficient (Wildman–Crippen LogP) is -2.10. The average Bonchev–Trinajstić information content (AvgIpc) is 3.07. The maximum absolute atomic E-state index is 12.9. The van der Waals surface area contributed by atoms with E-state index in [2.05, 4.69) is 4.98 Å². The Morgan fingerprint density at radius 2 is 2.08 bits per heavy atom. The number of rotatable bonds is 10. The number of hydrogen-bond donors (Lipinski definition) is 6. The number of phosphoric acid groups is 1. The first kappa shape index (κ1) is 29.9. The van der Waals surface area contributed by atoms with Gasteiger partial charge in [-0.05, 0) is 13.0 Å². The number of anilines is 1. The maximum Gasteiger partial charge on any atom is 0.477 e. The van der Waals surface area contributed by atoms with Gasteiger partial charge in [0.1, 0.15) is 30.0 Å². The Labute approximate surface area is 214 Å². The van der Waals surface area contributed by atoms with Crippen LogP contribution in [0.3, 0.4) is 0 Å². The van der Waals surface area contributed by atoms with Gasteiger partial charge in [-0.15, -0.1) is 0 Å². The fraction of sp³-hybridized carbons (Fsp3) is 0.650.